The van der Waals surface area contributed by atoms with Crippen molar-refractivity contribution in [3.05, 3.63) is 82.4 Å². The molecule has 0 bridgehead atoms. The second kappa shape index (κ2) is 10.9. The van der Waals surface area contributed by atoms with E-state index in [2.05, 4.69) is 0 Å². The van der Waals surface area contributed by atoms with E-state index in [0.29, 0.717) is 22.3 Å². The minimum atomic E-state index is -1.09. The van der Waals surface area contributed by atoms with Gasteiger partial charge >= 0.3 is 5.97 Å². The lowest BCUT2D eigenvalue weighted by molar-refractivity contribution is -0.139. The predicted octanol–water partition coefficient (Wildman–Crippen LogP) is 5.67. The molecule has 36 heavy (non-hydrogen) atoms. The van der Waals surface area contributed by atoms with Crippen LogP contribution >= 0.6 is 11.6 Å². The van der Waals surface area contributed by atoms with Gasteiger partial charge < -0.3 is 24.2 Å². The summed E-state index contributed by atoms with van der Waals surface area (Å²) in [6.45, 7) is 3.42. The summed E-state index contributed by atoms with van der Waals surface area (Å²) in [6.07, 6.45) is 0.762. The second-order valence-corrected chi connectivity index (χ2v) is 9.05. The van der Waals surface area contributed by atoms with Gasteiger partial charge in [-0.15, -0.1) is 0 Å². The predicted molar refractivity (Wildman–Crippen MR) is 137 cm³/mol. The highest BCUT2D eigenvalue weighted by atomic mass is 35.5. The van der Waals surface area contributed by atoms with Crippen LogP contribution in [-0.2, 0) is 16.0 Å². The Morgan fingerprint density at radius 1 is 1.11 bits per heavy atom. The highest BCUT2D eigenvalue weighted by molar-refractivity contribution is 6.30. The number of amides is 1. The fourth-order valence-electron chi connectivity index (χ4n) is 4.21. The van der Waals surface area contributed by atoms with Gasteiger partial charge in [0.1, 0.15) is 5.75 Å². The van der Waals surface area contributed by atoms with E-state index in [9.17, 15) is 9.59 Å². The molecule has 1 heterocycles. The first-order chi connectivity index (χ1) is 17.3. The van der Waals surface area contributed by atoms with E-state index in [4.69, 9.17) is 30.9 Å². The van der Waals surface area contributed by atoms with E-state index in [0.717, 1.165) is 28.8 Å². The first-order valence-corrected chi connectivity index (χ1v) is 12.1. The first kappa shape index (κ1) is 25.4. The van der Waals surface area contributed by atoms with E-state index in [1.165, 1.54) is 0 Å². The molecule has 0 saturated carbocycles. The van der Waals surface area contributed by atoms with Crippen LogP contribution in [0.3, 0.4) is 0 Å². The fraction of sp³-hybridized carbons (Fsp3) is 0.286. The van der Waals surface area contributed by atoms with E-state index in [1.807, 2.05) is 56.3 Å². The van der Waals surface area contributed by atoms with Gasteiger partial charge in [0.15, 0.2) is 18.1 Å². The molecular weight excluding hydrogens is 482 g/mol. The van der Waals surface area contributed by atoms with Crippen LogP contribution in [0.4, 0.5) is 5.69 Å². The molecule has 0 fully saturated rings. The highest BCUT2D eigenvalue weighted by Crippen LogP contribution is 2.44. The SMILES string of the molecule is CCC(C)Oc1cc2c(cc1OCC(=O)O)CC(=O)N(c1ccc(OC)cc1)C2c1ccc(Cl)cc1. The number of anilines is 1. The smallest absolute Gasteiger partial charge is 0.341 e. The lowest BCUT2D eigenvalue weighted by atomic mass is 9.86. The summed E-state index contributed by atoms with van der Waals surface area (Å²) in [5, 5.41) is 9.73. The number of benzene rings is 3. The summed E-state index contributed by atoms with van der Waals surface area (Å²) in [4.78, 5) is 26.5. The van der Waals surface area contributed by atoms with Crippen LogP contribution in [0.5, 0.6) is 17.2 Å². The number of carboxylic acid groups (broad SMARTS) is 1. The zero-order chi connectivity index (χ0) is 25.8. The molecule has 0 aliphatic carbocycles. The monoisotopic (exact) mass is 509 g/mol. The van der Waals surface area contributed by atoms with Crippen LogP contribution in [0.15, 0.2) is 60.7 Å². The summed E-state index contributed by atoms with van der Waals surface area (Å²) in [5.74, 6) is 0.232. The number of aliphatic carboxylic acids is 1. The Balaban J connectivity index is 1.88. The van der Waals surface area contributed by atoms with Crippen LogP contribution in [0, 0.1) is 0 Å². The minimum absolute atomic E-state index is 0.104. The number of hydrogen-bond acceptors (Lipinski definition) is 5. The number of hydrogen-bond donors (Lipinski definition) is 1. The second-order valence-electron chi connectivity index (χ2n) is 8.61. The molecule has 3 aromatic carbocycles. The van der Waals surface area contributed by atoms with Gasteiger partial charge in [-0.1, -0.05) is 30.7 Å². The standard InChI is InChI=1S/C28H28ClNO6/c1-4-17(2)36-25-15-23-19(13-24(25)35-16-27(32)33)14-26(31)30(21-9-11-22(34-3)12-10-21)28(23)18-5-7-20(29)8-6-18/h5-13,15,17,28H,4,14,16H2,1-3H3,(H,32,33). The van der Waals surface area contributed by atoms with Crippen molar-refractivity contribution in [1.29, 1.82) is 0 Å². The quantitative estimate of drug-likeness (QED) is 0.400. The zero-order valence-electron chi connectivity index (χ0n) is 20.4. The number of carbonyl (C=O) groups excluding carboxylic acids is 1. The van der Waals surface area contributed by atoms with E-state index in [1.54, 1.807) is 30.2 Å². The van der Waals surface area contributed by atoms with Crippen LogP contribution < -0.4 is 19.1 Å². The summed E-state index contributed by atoms with van der Waals surface area (Å²) < 4.78 is 17.0. The van der Waals surface area contributed by atoms with Gasteiger partial charge in [0, 0.05) is 10.7 Å². The molecule has 0 aromatic heterocycles. The lowest BCUT2D eigenvalue weighted by Crippen LogP contribution is -2.41. The third kappa shape index (κ3) is 5.41. The molecule has 4 rings (SSSR count). The Morgan fingerprint density at radius 2 is 1.81 bits per heavy atom. The van der Waals surface area contributed by atoms with Crippen molar-refractivity contribution in [2.24, 2.45) is 0 Å². The van der Waals surface area contributed by atoms with Gasteiger partial charge in [0.25, 0.3) is 0 Å². The van der Waals surface area contributed by atoms with Crippen LogP contribution in [-0.4, -0.2) is 36.8 Å². The number of halogens is 1. The average molecular weight is 510 g/mol. The van der Waals surface area contributed by atoms with Crippen molar-refractivity contribution in [3.63, 3.8) is 0 Å². The van der Waals surface area contributed by atoms with Gasteiger partial charge in [0.2, 0.25) is 5.91 Å². The molecule has 3 aromatic rings. The molecule has 8 heteroatoms. The number of ether oxygens (including phenoxy) is 3. The molecule has 0 radical (unpaired) electrons. The fourth-order valence-corrected chi connectivity index (χ4v) is 4.34. The number of carbonyl (C=O) groups is 2. The number of nitrogens with zero attached hydrogens (tertiary/aromatic N) is 1. The molecule has 188 valence electrons. The van der Waals surface area contributed by atoms with Crippen LogP contribution in [0.2, 0.25) is 5.02 Å². The topological polar surface area (TPSA) is 85.3 Å². The molecular formula is C28H28ClNO6. The molecule has 7 nitrogen and oxygen atoms in total. The Hall–Kier alpha value is -3.71. The summed E-state index contributed by atoms with van der Waals surface area (Å²) >= 11 is 6.17. The van der Waals surface area contributed by atoms with Crippen LogP contribution in [0.1, 0.15) is 43.0 Å². The molecule has 0 saturated heterocycles. The molecule has 1 aliphatic rings. The summed E-state index contributed by atoms with van der Waals surface area (Å²) in [5.41, 5.74) is 3.22. The van der Waals surface area contributed by atoms with Crippen molar-refractivity contribution in [3.8, 4) is 17.2 Å². The van der Waals surface area contributed by atoms with E-state index < -0.39 is 18.6 Å². The normalized spacial score (nSPS) is 15.7. The molecule has 0 spiro atoms. The molecule has 1 amide bonds. The number of fused-ring (bicyclic) bond motifs is 1. The Morgan fingerprint density at radius 3 is 2.42 bits per heavy atom. The van der Waals surface area contributed by atoms with Crippen molar-refractivity contribution in [2.75, 3.05) is 18.6 Å². The third-order valence-electron chi connectivity index (χ3n) is 6.16. The maximum absolute atomic E-state index is 13.6. The zero-order valence-corrected chi connectivity index (χ0v) is 21.1. The van der Waals surface area contributed by atoms with Gasteiger partial charge in [-0.05, 0) is 78.6 Å². The van der Waals surface area contributed by atoms with Crippen molar-refractivity contribution in [2.45, 2.75) is 38.8 Å². The first-order valence-electron chi connectivity index (χ1n) is 11.7. The molecule has 1 N–H and O–H groups in total. The Kier molecular flexibility index (Phi) is 7.70. The Bertz CT molecular complexity index is 1240. The van der Waals surface area contributed by atoms with Gasteiger partial charge in [-0.2, -0.15) is 0 Å². The Labute approximate surface area is 215 Å². The van der Waals surface area contributed by atoms with Gasteiger partial charge in [-0.3, -0.25) is 4.79 Å². The number of rotatable bonds is 9. The van der Waals surface area contributed by atoms with E-state index in [-0.39, 0.29) is 18.4 Å². The largest absolute Gasteiger partial charge is 0.497 e. The summed E-state index contributed by atoms with van der Waals surface area (Å²) in [6, 6.07) is 17.9. The molecule has 1 aliphatic heterocycles. The number of methoxy groups -OCH3 is 1. The van der Waals surface area contributed by atoms with Gasteiger partial charge in [0.05, 0.1) is 25.7 Å². The summed E-state index contributed by atoms with van der Waals surface area (Å²) in [7, 11) is 1.59. The highest BCUT2D eigenvalue weighted by Gasteiger charge is 2.36. The van der Waals surface area contributed by atoms with Crippen molar-refractivity contribution < 1.29 is 28.9 Å². The van der Waals surface area contributed by atoms with Crippen LogP contribution in [0.25, 0.3) is 0 Å². The maximum Gasteiger partial charge on any atom is 0.341 e. The van der Waals surface area contributed by atoms with Crippen molar-refractivity contribution >= 4 is 29.2 Å². The average Bonchev–Trinajstić information content (AvgIpc) is 2.87. The third-order valence-corrected chi connectivity index (χ3v) is 6.41. The molecule has 2 atom stereocenters. The lowest BCUT2D eigenvalue weighted by Gasteiger charge is -2.38. The van der Waals surface area contributed by atoms with E-state index >= 15 is 0 Å². The maximum atomic E-state index is 13.6. The minimum Gasteiger partial charge on any atom is -0.497 e. The molecule has 2 unspecified atom stereocenters. The number of carboxylic acids is 1. The van der Waals surface area contributed by atoms with Gasteiger partial charge in [-0.25, -0.2) is 4.79 Å². The van der Waals surface area contributed by atoms with Crippen molar-refractivity contribution in [1.82, 2.24) is 0 Å².